The standard InChI is InChI=1S/C14H23N3O2/c1-14(2,3)19-13(18)12(15)9-17-8-11(7-16-17)10-5-4-6-10/h7-8,10,12H,4-6,9,15H2,1-3H3. The Labute approximate surface area is 114 Å². The normalized spacial score (nSPS) is 17.9. The van der Waals surface area contributed by atoms with Crippen LogP contribution in [-0.2, 0) is 16.1 Å². The summed E-state index contributed by atoms with van der Waals surface area (Å²) in [6.07, 6.45) is 7.65. The zero-order chi connectivity index (χ0) is 14.0. The molecule has 1 aromatic heterocycles. The Bertz CT molecular complexity index is 444. The number of hydrogen-bond acceptors (Lipinski definition) is 4. The molecule has 1 saturated carbocycles. The number of carbonyl (C=O) groups excluding carboxylic acids is 1. The molecule has 1 fully saturated rings. The second kappa shape index (κ2) is 5.33. The molecular weight excluding hydrogens is 242 g/mol. The number of rotatable bonds is 4. The van der Waals surface area contributed by atoms with Crippen molar-refractivity contribution in [2.75, 3.05) is 0 Å². The maximum absolute atomic E-state index is 11.8. The van der Waals surface area contributed by atoms with E-state index in [4.69, 9.17) is 10.5 Å². The maximum atomic E-state index is 11.8. The second-order valence-electron chi connectivity index (χ2n) is 6.26. The van der Waals surface area contributed by atoms with Gasteiger partial charge in [0.2, 0.25) is 0 Å². The topological polar surface area (TPSA) is 70.1 Å². The highest BCUT2D eigenvalue weighted by molar-refractivity contribution is 5.75. The largest absolute Gasteiger partial charge is 0.459 e. The van der Waals surface area contributed by atoms with Crippen LogP contribution in [0.5, 0.6) is 0 Å². The first-order chi connectivity index (χ1) is 8.85. The average molecular weight is 265 g/mol. The fraction of sp³-hybridized carbons (Fsp3) is 0.714. The second-order valence-corrected chi connectivity index (χ2v) is 6.26. The summed E-state index contributed by atoms with van der Waals surface area (Å²) in [7, 11) is 0. The molecule has 0 amide bonds. The van der Waals surface area contributed by atoms with Crippen LogP contribution < -0.4 is 5.73 Å². The van der Waals surface area contributed by atoms with E-state index in [9.17, 15) is 4.79 Å². The van der Waals surface area contributed by atoms with Crippen LogP contribution in [-0.4, -0.2) is 27.4 Å². The van der Waals surface area contributed by atoms with Crippen LogP contribution in [0.25, 0.3) is 0 Å². The molecule has 2 rings (SSSR count). The summed E-state index contributed by atoms with van der Waals surface area (Å²) in [5, 5.41) is 4.27. The molecule has 1 heterocycles. The summed E-state index contributed by atoms with van der Waals surface area (Å²) in [4.78, 5) is 11.8. The fourth-order valence-electron chi connectivity index (χ4n) is 2.09. The lowest BCUT2D eigenvalue weighted by Crippen LogP contribution is -2.40. The predicted molar refractivity (Wildman–Crippen MR) is 72.6 cm³/mol. The zero-order valence-electron chi connectivity index (χ0n) is 11.9. The van der Waals surface area contributed by atoms with Gasteiger partial charge in [-0.2, -0.15) is 5.10 Å². The maximum Gasteiger partial charge on any atom is 0.325 e. The average Bonchev–Trinajstić information content (AvgIpc) is 2.60. The third-order valence-electron chi connectivity index (χ3n) is 3.32. The van der Waals surface area contributed by atoms with Crippen LogP contribution in [0.3, 0.4) is 0 Å². The molecule has 1 aliphatic carbocycles. The molecule has 106 valence electrons. The lowest BCUT2D eigenvalue weighted by Gasteiger charge is -2.23. The van der Waals surface area contributed by atoms with Crippen LogP contribution in [0.2, 0.25) is 0 Å². The summed E-state index contributed by atoms with van der Waals surface area (Å²) < 4.78 is 6.99. The van der Waals surface area contributed by atoms with E-state index < -0.39 is 11.6 Å². The summed E-state index contributed by atoms with van der Waals surface area (Å²) in [5.41, 5.74) is 6.60. The van der Waals surface area contributed by atoms with Crippen molar-refractivity contribution in [1.29, 1.82) is 0 Å². The molecule has 1 atom stereocenters. The van der Waals surface area contributed by atoms with Crippen molar-refractivity contribution < 1.29 is 9.53 Å². The fourth-order valence-corrected chi connectivity index (χ4v) is 2.09. The minimum Gasteiger partial charge on any atom is -0.459 e. The Kier molecular flexibility index (Phi) is 3.94. The van der Waals surface area contributed by atoms with Gasteiger partial charge in [-0.15, -0.1) is 0 Å². The van der Waals surface area contributed by atoms with E-state index in [2.05, 4.69) is 5.10 Å². The van der Waals surface area contributed by atoms with Crippen molar-refractivity contribution >= 4 is 5.97 Å². The number of aromatic nitrogens is 2. The highest BCUT2D eigenvalue weighted by atomic mass is 16.6. The molecule has 5 heteroatoms. The van der Waals surface area contributed by atoms with E-state index >= 15 is 0 Å². The van der Waals surface area contributed by atoms with E-state index in [-0.39, 0.29) is 5.97 Å². The summed E-state index contributed by atoms with van der Waals surface area (Å²) >= 11 is 0. The third-order valence-corrected chi connectivity index (χ3v) is 3.32. The third kappa shape index (κ3) is 3.80. The van der Waals surface area contributed by atoms with Gasteiger partial charge in [0, 0.05) is 6.20 Å². The molecule has 0 spiro atoms. The van der Waals surface area contributed by atoms with E-state index in [0.29, 0.717) is 12.5 Å². The number of esters is 1. The molecule has 19 heavy (non-hydrogen) atoms. The van der Waals surface area contributed by atoms with E-state index in [1.54, 1.807) is 4.68 Å². The molecule has 1 unspecified atom stereocenters. The van der Waals surface area contributed by atoms with Crippen molar-refractivity contribution in [2.45, 2.75) is 64.1 Å². The summed E-state index contributed by atoms with van der Waals surface area (Å²) in [6.45, 7) is 5.86. The highest BCUT2D eigenvalue weighted by Crippen LogP contribution is 2.35. The molecule has 1 aliphatic rings. The first-order valence-electron chi connectivity index (χ1n) is 6.86. The van der Waals surface area contributed by atoms with Crippen molar-refractivity contribution in [2.24, 2.45) is 5.73 Å². The van der Waals surface area contributed by atoms with Gasteiger partial charge in [0.1, 0.15) is 11.6 Å². The van der Waals surface area contributed by atoms with Gasteiger partial charge in [-0.05, 0) is 45.1 Å². The molecular formula is C14H23N3O2. The van der Waals surface area contributed by atoms with Gasteiger partial charge in [-0.1, -0.05) is 6.42 Å². The quantitative estimate of drug-likeness (QED) is 0.843. The van der Waals surface area contributed by atoms with Crippen molar-refractivity contribution in [3.8, 4) is 0 Å². The van der Waals surface area contributed by atoms with Gasteiger partial charge in [0.05, 0.1) is 12.7 Å². The molecule has 0 bridgehead atoms. The van der Waals surface area contributed by atoms with Crippen molar-refractivity contribution in [3.63, 3.8) is 0 Å². The van der Waals surface area contributed by atoms with Crippen LogP contribution in [0.1, 0.15) is 51.5 Å². The number of nitrogens with zero attached hydrogens (tertiary/aromatic N) is 2. The van der Waals surface area contributed by atoms with Crippen LogP contribution in [0, 0.1) is 0 Å². The van der Waals surface area contributed by atoms with Crippen molar-refractivity contribution in [1.82, 2.24) is 9.78 Å². The van der Waals surface area contributed by atoms with E-state index in [1.807, 2.05) is 33.2 Å². The molecule has 0 aliphatic heterocycles. The Morgan fingerprint density at radius 2 is 2.26 bits per heavy atom. The number of carbonyl (C=O) groups is 1. The van der Waals surface area contributed by atoms with Crippen LogP contribution >= 0.6 is 0 Å². The zero-order valence-corrected chi connectivity index (χ0v) is 11.9. The van der Waals surface area contributed by atoms with E-state index in [1.165, 1.54) is 24.8 Å². The summed E-state index contributed by atoms with van der Waals surface area (Å²) in [5.74, 6) is 0.264. The molecule has 2 N–H and O–H groups in total. The monoisotopic (exact) mass is 265 g/mol. The first-order valence-corrected chi connectivity index (χ1v) is 6.86. The Morgan fingerprint density at radius 3 is 2.79 bits per heavy atom. The highest BCUT2D eigenvalue weighted by Gasteiger charge is 2.24. The minimum atomic E-state index is -0.673. The smallest absolute Gasteiger partial charge is 0.325 e. The van der Waals surface area contributed by atoms with E-state index in [0.717, 1.165) is 0 Å². The molecule has 0 radical (unpaired) electrons. The predicted octanol–water partition coefficient (Wildman–Crippen LogP) is 1.82. The molecule has 0 saturated heterocycles. The molecule has 1 aromatic rings. The number of nitrogens with two attached hydrogens (primary N) is 1. The lowest BCUT2D eigenvalue weighted by atomic mass is 9.81. The van der Waals surface area contributed by atoms with Gasteiger partial charge >= 0.3 is 5.97 Å². The van der Waals surface area contributed by atoms with Crippen LogP contribution in [0.15, 0.2) is 12.4 Å². The first kappa shape index (κ1) is 14.1. The Morgan fingerprint density at radius 1 is 1.58 bits per heavy atom. The molecule has 0 aromatic carbocycles. The number of hydrogen-bond donors (Lipinski definition) is 1. The van der Waals surface area contributed by atoms with Gasteiger partial charge in [0.25, 0.3) is 0 Å². The van der Waals surface area contributed by atoms with Gasteiger partial charge < -0.3 is 10.5 Å². The Hall–Kier alpha value is -1.36. The Balaban J connectivity index is 1.89. The SMILES string of the molecule is CC(C)(C)OC(=O)C(N)Cn1cc(C2CCC2)cn1. The van der Waals surface area contributed by atoms with Gasteiger partial charge in [-0.25, -0.2) is 0 Å². The minimum absolute atomic E-state index is 0.363. The van der Waals surface area contributed by atoms with Gasteiger partial charge in [-0.3, -0.25) is 9.48 Å². The van der Waals surface area contributed by atoms with Gasteiger partial charge in [0.15, 0.2) is 0 Å². The molecule has 5 nitrogen and oxygen atoms in total. The van der Waals surface area contributed by atoms with Crippen molar-refractivity contribution in [3.05, 3.63) is 18.0 Å². The van der Waals surface area contributed by atoms with Crippen LogP contribution in [0.4, 0.5) is 0 Å². The summed E-state index contributed by atoms with van der Waals surface area (Å²) in [6, 6.07) is -0.673. The lowest BCUT2D eigenvalue weighted by molar-refractivity contribution is -0.156. The number of ether oxygens (including phenoxy) is 1.